The topological polar surface area (TPSA) is 72.6 Å². The van der Waals surface area contributed by atoms with E-state index in [4.69, 9.17) is 4.74 Å². The summed E-state index contributed by atoms with van der Waals surface area (Å²) < 4.78 is 5.98. The Morgan fingerprint density at radius 1 is 1.50 bits per heavy atom. The normalized spacial score (nSPS) is 14.3. The molecule has 0 spiro atoms. The molecule has 6 heteroatoms. The molecule has 0 bridgehead atoms. The smallest absolute Gasteiger partial charge is 0.274 e. The van der Waals surface area contributed by atoms with Crippen molar-refractivity contribution in [3.8, 4) is 5.75 Å². The van der Waals surface area contributed by atoms with Gasteiger partial charge in [0, 0.05) is 10.5 Å². The maximum Gasteiger partial charge on any atom is 0.274 e. The van der Waals surface area contributed by atoms with Crippen LogP contribution < -0.4 is 4.74 Å². The molecule has 0 fully saturated rings. The van der Waals surface area contributed by atoms with Gasteiger partial charge in [0.2, 0.25) is 0 Å². The quantitative estimate of drug-likeness (QED) is 0.668. The largest absolute Gasteiger partial charge is 0.490 e. The van der Waals surface area contributed by atoms with Crippen LogP contribution in [0.5, 0.6) is 5.75 Å². The second-order valence-corrected chi connectivity index (χ2v) is 5.62. The lowest BCUT2D eigenvalue weighted by Gasteiger charge is -2.27. The Hall–Kier alpha value is -1.14. The van der Waals surface area contributed by atoms with E-state index >= 15 is 0 Å². The predicted molar refractivity (Wildman–Crippen MR) is 71.8 cm³/mol. The van der Waals surface area contributed by atoms with Gasteiger partial charge >= 0.3 is 0 Å². The number of ether oxygens (including phenoxy) is 1. The summed E-state index contributed by atoms with van der Waals surface area (Å²) in [4.78, 5) is 10.2. The molecule has 100 valence electrons. The van der Waals surface area contributed by atoms with Gasteiger partial charge in [-0.1, -0.05) is 29.8 Å². The summed E-state index contributed by atoms with van der Waals surface area (Å²) in [6.45, 7) is 5.52. The summed E-state index contributed by atoms with van der Waals surface area (Å²) in [5.74, 6) is 0.386. The van der Waals surface area contributed by atoms with Crippen molar-refractivity contribution in [2.24, 2.45) is 5.92 Å². The molecule has 0 aliphatic carbocycles. The van der Waals surface area contributed by atoms with E-state index in [0.717, 1.165) is 0 Å². The molecule has 1 N–H and O–H groups in total. The van der Waals surface area contributed by atoms with Gasteiger partial charge in [-0.05, 0) is 18.9 Å². The molecule has 1 atom stereocenters. The van der Waals surface area contributed by atoms with Crippen molar-refractivity contribution in [3.05, 3.63) is 32.8 Å². The van der Waals surface area contributed by atoms with E-state index in [1.807, 2.05) is 13.8 Å². The molecule has 18 heavy (non-hydrogen) atoms. The molecule has 0 aliphatic rings. The highest BCUT2D eigenvalue weighted by Gasteiger charge is 2.26. The van der Waals surface area contributed by atoms with Crippen LogP contribution in [0, 0.1) is 16.0 Å². The first kappa shape index (κ1) is 14.9. The van der Waals surface area contributed by atoms with Crippen molar-refractivity contribution in [2.75, 3.05) is 6.61 Å². The van der Waals surface area contributed by atoms with Crippen molar-refractivity contribution in [1.29, 1.82) is 0 Å². The number of non-ortho nitro benzene ring substituents is 1. The van der Waals surface area contributed by atoms with Gasteiger partial charge in [-0.25, -0.2) is 0 Å². The first-order valence-electron chi connectivity index (χ1n) is 5.52. The maximum atomic E-state index is 10.7. The number of rotatable bonds is 5. The van der Waals surface area contributed by atoms with Crippen LogP contribution in [-0.2, 0) is 0 Å². The molecular weight excluding hydrogens is 302 g/mol. The van der Waals surface area contributed by atoms with Crippen LogP contribution in [0.15, 0.2) is 22.7 Å². The minimum Gasteiger partial charge on any atom is -0.490 e. The lowest BCUT2D eigenvalue weighted by Crippen LogP contribution is -2.37. The fourth-order valence-corrected chi connectivity index (χ4v) is 1.59. The highest BCUT2D eigenvalue weighted by Crippen LogP contribution is 2.27. The zero-order valence-corrected chi connectivity index (χ0v) is 12.1. The monoisotopic (exact) mass is 317 g/mol. The van der Waals surface area contributed by atoms with Crippen LogP contribution >= 0.6 is 15.9 Å². The Morgan fingerprint density at radius 2 is 2.11 bits per heavy atom. The summed E-state index contributed by atoms with van der Waals surface area (Å²) in [6, 6.07) is 4.36. The molecule has 0 amide bonds. The predicted octanol–water partition coefficient (Wildman–Crippen LogP) is 3.14. The Kier molecular flexibility index (Phi) is 4.70. The molecule has 0 aliphatic heterocycles. The summed E-state index contributed by atoms with van der Waals surface area (Å²) in [5, 5.41) is 20.7. The number of hydrogen-bond acceptors (Lipinski definition) is 4. The highest BCUT2D eigenvalue weighted by atomic mass is 79.9. The number of nitrogens with zero attached hydrogens (tertiary/aromatic N) is 1. The van der Waals surface area contributed by atoms with Gasteiger partial charge in [0.05, 0.1) is 16.6 Å². The number of nitro benzene ring substituents is 1. The van der Waals surface area contributed by atoms with Crippen LogP contribution in [0.25, 0.3) is 0 Å². The van der Waals surface area contributed by atoms with Gasteiger partial charge in [-0.3, -0.25) is 10.1 Å². The zero-order chi connectivity index (χ0) is 13.9. The van der Waals surface area contributed by atoms with Crippen molar-refractivity contribution in [2.45, 2.75) is 26.4 Å². The zero-order valence-electron chi connectivity index (χ0n) is 10.5. The number of aliphatic hydroxyl groups is 1. The van der Waals surface area contributed by atoms with Gasteiger partial charge in [-0.2, -0.15) is 0 Å². The highest BCUT2D eigenvalue weighted by molar-refractivity contribution is 9.10. The number of hydrogen-bond donors (Lipinski definition) is 1. The Balaban J connectivity index is 2.83. The third-order valence-corrected chi connectivity index (χ3v) is 3.30. The molecule has 1 aromatic rings. The van der Waals surface area contributed by atoms with Crippen LogP contribution in [-0.4, -0.2) is 22.2 Å². The van der Waals surface area contributed by atoms with E-state index in [2.05, 4.69) is 15.9 Å². The number of nitro groups is 1. The van der Waals surface area contributed by atoms with E-state index in [0.29, 0.717) is 10.2 Å². The molecule has 0 saturated carbocycles. The molecule has 1 rings (SSSR count). The summed E-state index contributed by atoms with van der Waals surface area (Å²) in [7, 11) is 0. The summed E-state index contributed by atoms with van der Waals surface area (Å²) >= 11 is 3.18. The van der Waals surface area contributed by atoms with Crippen molar-refractivity contribution in [1.82, 2.24) is 0 Å². The van der Waals surface area contributed by atoms with Gasteiger partial charge < -0.3 is 9.84 Å². The number of benzene rings is 1. The third kappa shape index (κ3) is 3.96. The van der Waals surface area contributed by atoms with Crippen molar-refractivity contribution in [3.63, 3.8) is 0 Å². The van der Waals surface area contributed by atoms with Gasteiger partial charge in [0.25, 0.3) is 5.69 Å². The molecular formula is C12H16BrNO4. The van der Waals surface area contributed by atoms with Crippen molar-refractivity contribution < 1.29 is 14.8 Å². The van der Waals surface area contributed by atoms with Gasteiger partial charge in [0.15, 0.2) is 0 Å². The second kappa shape index (κ2) is 5.67. The molecule has 1 aromatic carbocycles. The lowest BCUT2D eigenvalue weighted by molar-refractivity contribution is -0.385. The summed E-state index contributed by atoms with van der Waals surface area (Å²) in [6.07, 6.45) is 0. The lowest BCUT2D eigenvalue weighted by atomic mass is 9.94. The molecule has 0 heterocycles. The Morgan fingerprint density at radius 3 is 2.61 bits per heavy atom. The fraction of sp³-hybridized carbons (Fsp3) is 0.500. The standard InChI is InChI=1S/C12H16BrNO4/c1-8(2)12(3,15)7-18-11-5-9(13)4-10(6-11)14(16)17/h4-6,8,15H,7H2,1-3H3. The van der Waals surface area contributed by atoms with E-state index in [1.54, 1.807) is 13.0 Å². The van der Waals surface area contributed by atoms with E-state index in [1.165, 1.54) is 12.1 Å². The molecule has 0 radical (unpaired) electrons. The molecule has 5 nitrogen and oxygen atoms in total. The third-order valence-electron chi connectivity index (χ3n) is 2.84. The minimum atomic E-state index is -0.975. The molecule has 0 aromatic heterocycles. The van der Waals surface area contributed by atoms with Crippen LogP contribution in [0.2, 0.25) is 0 Å². The van der Waals surface area contributed by atoms with Crippen molar-refractivity contribution >= 4 is 21.6 Å². The first-order chi connectivity index (χ1) is 8.22. The van der Waals surface area contributed by atoms with Crippen LogP contribution in [0.1, 0.15) is 20.8 Å². The number of halogens is 1. The summed E-state index contributed by atoms with van der Waals surface area (Å²) in [5.41, 5.74) is -1.03. The van der Waals surface area contributed by atoms with Gasteiger partial charge in [-0.15, -0.1) is 0 Å². The average Bonchev–Trinajstić information content (AvgIpc) is 2.25. The molecule has 0 saturated heterocycles. The SMILES string of the molecule is CC(C)C(C)(O)COc1cc(Br)cc([N+](=O)[O-])c1. The van der Waals surface area contributed by atoms with Crippen LogP contribution in [0.3, 0.4) is 0 Å². The van der Waals surface area contributed by atoms with E-state index in [9.17, 15) is 15.2 Å². The van der Waals surface area contributed by atoms with E-state index in [-0.39, 0.29) is 18.2 Å². The average molecular weight is 318 g/mol. The van der Waals surface area contributed by atoms with Gasteiger partial charge in [0.1, 0.15) is 12.4 Å². The van der Waals surface area contributed by atoms with Crippen LogP contribution in [0.4, 0.5) is 5.69 Å². The fourth-order valence-electron chi connectivity index (χ4n) is 1.13. The maximum absolute atomic E-state index is 10.7. The first-order valence-corrected chi connectivity index (χ1v) is 6.32. The Labute approximate surface area is 114 Å². The Bertz CT molecular complexity index is 446. The van der Waals surface area contributed by atoms with E-state index < -0.39 is 10.5 Å². The molecule has 1 unspecified atom stereocenters. The minimum absolute atomic E-state index is 0.0274. The second-order valence-electron chi connectivity index (χ2n) is 4.70.